The molecule has 0 saturated heterocycles. The average molecular weight is 465 g/mol. The van der Waals surface area contributed by atoms with Gasteiger partial charge in [0.05, 0.1) is 27.2 Å². The highest BCUT2D eigenvalue weighted by Gasteiger charge is 2.26. The van der Waals surface area contributed by atoms with Gasteiger partial charge in [0, 0.05) is 0 Å². The summed E-state index contributed by atoms with van der Waals surface area (Å²) in [5.74, 6) is 0. The van der Waals surface area contributed by atoms with Crippen LogP contribution in [-0.2, 0) is 13.6 Å². The van der Waals surface area contributed by atoms with Crippen molar-refractivity contribution < 1.29 is 23.0 Å². The van der Waals surface area contributed by atoms with Gasteiger partial charge in [-0.1, -0.05) is 110 Å². The van der Waals surface area contributed by atoms with Crippen LogP contribution in [0.1, 0.15) is 123 Å². The Balaban J connectivity index is 3.73. The van der Waals surface area contributed by atoms with Crippen LogP contribution in [0.3, 0.4) is 0 Å². The summed E-state index contributed by atoms with van der Waals surface area (Å²) in [7, 11) is 2.13. The Morgan fingerprint density at radius 1 is 0.710 bits per heavy atom. The number of quaternary nitrogens is 1. The molecule has 0 aromatic rings. The Kier molecular flexibility index (Phi) is 19.6. The molecule has 0 aromatic carbocycles. The van der Waals surface area contributed by atoms with Gasteiger partial charge >= 0.3 is 7.82 Å². The summed E-state index contributed by atoms with van der Waals surface area (Å²) < 4.78 is 23.6. The molecule has 0 spiro atoms. The monoisotopic (exact) mass is 464 g/mol. The normalized spacial score (nSPS) is 15.2. The molecule has 0 aliphatic carbocycles. The lowest BCUT2D eigenvalue weighted by Gasteiger charge is -2.25. The van der Waals surface area contributed by atoms with Crippen molar-refractivity contribution in [2.24, 2.45) is 0 Å². The molecule has 0 fully saturated rings. The molecule has 0 bridgehead atoms. The third-order valence-corrected chi connectivity index (χ3v) is 6.86. The predicted molar refractivity (Wildman–Crippen MR) is 133 cm³/mol. The molecule has 0 rings (SSSR count). The maximum atomic E-state index is 12.2. The second kappa shape index (κ2) is 19.5. The molecule has 5 nitrogen and oxygen atoms in total. The standard InChI is InChI=1S/C25H54NO4P/c1-6-8-9-10-11-12-13-14-15-16-17-18-19-20-22-25(21-7-2)30-31(27,28)29-24-23-26(3,4)5/h25H,6-24H2,1-5H3/p+1. The molecule has 0 aromatic heterocycles. The highest BCUT2D eigenvalue weighted by atomic mass is 31.2. The molecule has 1 N–H and O–H groups in total. The topological polar surface area (TPSA) is 55.8 Å². The summed E-state index contributed by atoms with van der Waals surface area (Å²) in [4.78, 5) is 10.0. The first-order valence-electron chi connectivity index (χ1n) is 13.2. The number of phosphoric ester groups is 1. The summed E-state index contributed by atoms with van der Waals surface area (Å²) in [5.41, 5.74) is 0. The van der Waals surface area contributed by atoms with E-state index in [1.165, 1.54) is 83.5 Å². The van der Waals surface area contributed by atoms with E-state index >= 15 is 0 Å². The first-order chi connectivity index (χ1) is 14.7. The van der Waals surface area contributed by atoms with Crippen molar-refractivity contribution in [3.8, 4) is 0 Å². The molecule has 188 valence electrons. The van der Waals surface area contributed by atoms with E-state index in [-0.39, 0.29) is 12.7 Å². The van der Waals surface area contributed by atoms with Gasteiger partial charge < -0.3 is 9.38 Å². The zero-order valence-electron chi connectivity index (χ0n) is 21.6. The maximum absolute atomic E-state index is 12.2. The SMILES string of the molecule is CCCCCCCCCCCCCCCCC(CCC)OP(=O)(O)OCC[N+](C)(C)C. The van der Waals surface area contributed by atoms with Gasteiger partial charge in [-0.3, -0.25) is 9.05 Å². The molecule has 0 saturated carbocycles. The second-order valence-corrected chi connectivity index (χ2v) is 11.6. The molecule has 2 unspecified atom stereocenters. The van der Waals surface area contributed by atoms with Crippen LogP contribution in [0.2, 0.25) is 0 Å². The predicted octanol–water partition coefficient (Wildman–Crippen LogP) is 7.87. The van der Waals surface area contributed by atoms with Gasteiger partial charge in [0.25, 0.3) is 0 Å². The van der Waals surface area contributed by atoms with Crippen LogP contribution >= 0.6 is 7.82 Å². The molecule has 31 heavy (non-hydrogen) atoms. The van der Waals surface area contributed by atoms with E-state index in [0.29, 0.717) is 11.0 Å². The van der Waals surface area contributed by atoms with E-state index in [4.69, 9.17) is 9.05 Å². The summed E-state index contributed by atoms with van der Waals surface area (Å²) in [6, 6.07) is 0. The van der Waals surface area contributed by atoms with Crippen LogP contribution in [0, 0.1) is 0 Å². The van der Waals surface area contributed by atoms with E-state index in [9.17, 15) is 9.46 Å². The molecule has 2 atom stereocenters. The smallest absolute Gasteiger partial charge is 0.329 e. The zero-order chi connectivity index (χ0) is 23.4. The Labute approximate surface area is 194 Å². The Hall–Kier alpha value is 0.0700. The van der Waals surface area contributed by atoms with Gasteiger partial charge in [0.1, 0.15) is 13.2 Å². The van der Waals surface area contributed by atoms with Crippen LogP contribution < -0.4 is 0 Å². The highest BCUT2D eigenvalue weighted by molar-refractivity contribution is 7.47. The lowest BCUT2D eigenvalue weighted by atomic mass is 10.0. The van der Waals surface area contributed by atoms with Gasteiger partial charge in [0.15, 0.2) is 0 Å². The molecular formula is C25H55NO4P+. The fourth-order valence-corrected chi connectivity index (χ4v) is 4.75. The Morgan fingerprint density at radius 2 is 1.16 bits per heavy atom. The summed E-state index contributed by atoms with van der Waals surface area (Å²) in [6.07, 6.45) is 21.1. The van der Waals surface area contributed by atoms with E-state index < -0.39 is 7.82 Å². The Bertz CT molecular complexity index is 440. The van der Waals surface area contributed by atoms with Crippen LogP contribution in [0.25, 0.3) is 0 Å². The summed E-state index contributed by atoms with van der Waals surface area (Å²) in [6.45, 7) is 5.26. The molecule has 0 amide bonds. The average Bonchev–Trinajstić information content (AvgIpc) is 2.66. The van der Waals surface area contributed by atoms with E-state index in [1.54, 1.807) is 0 Å². The third-order valence-electron chi connectivity index (χ3n) is 5.79. The Morgan fingerprint density at radius 3 is 1.58 bits per heavy atom. The minimum atomic E-state index is -3.96. The number of phosphoric acid groups is 1. The van der Waals surface area contributed by atoms with Gasteiger partial charge in [-0.2, -0.15) is 0 Å². The minimum Gasteiger partial charge on any atom is -0.329 e. The van der Waals surface area contributed by atoms with Crippen molar-refractivity contribution in [1.29, 1.82) is 0 Å². The van der Waals surface area contributed by atoms with Crippen molar-refractivity contribution in [2.45, 2.75) is 129 Å². The highest BCUT2D eigenvalue weighted by Crippen LogP contribution is 2.45. The first kappa shape index (κ1) is 31.1. The van der Waals surface area contributed by atoms with Crippen molar-refractivity contribution in [3.05, 3.63) is 0 Å². The van der Waals surface area contributed by atoms with Gasteiger partial charge in [0.2, 0.25) is 0 Å². The van der Waals surface area contributed by atoms with Crippen molar-refractivity contribution in [3.63, 3.8) is 0 Å². The third kappa shape index (κ3) is 23.0. The quantitative estimate of drug-likeness (QED) is 0.0949. The van der Waals surface area contributed by atoms with Gasteiger partial charge in [-0.15, -0.1) is 0 Å². The number of nitrogens with zero attached hydrogens (tertiary/aromatic N) is 1. The van der Waals surface area contributed by atoms with E-state index in [0.717, 1.165) is 25.7 Å². The van der Waals surface area contributed by atoms with Crippen LogP contribution in [-0.4, -0.2) is 49.8 Å². The van der Waals surface area contributed by atoms with Crippen LogP contribution in [0.4, 0.5) is 0 Å². The van der Waals surface area contributed by atoms with Gasteiger partial charge in [-0.25, -0.2) is 4.57 Å². The minimum absolute atomic E-state index is 0.178. The van der Waals surface area contributed by atoms with E-state index in [1.807, 2.05) is 21.1 Å². The molecule has 6 heteroatoms. The molecule has 0 aliphatic heterocycles. The van der Waals surface area contributed by atoms with Crippen molar-refractivity contribution in [2.75, 3.05) is 34.3 Å². The molecular weight excluding hydrogens is 409 g/mol. The largest absolute Gasteiger partial charge is 0.472 e. The fraction of sp³-hybridized carbons (Fsp3) is 1.00. The lowest BCUT2D eigenvalue weighted by Crippen LogP contribution is -2.37. The number of likely N-dealkylation sites (N-methyl/N-ethyl adjacent to an activating group) is 1. The summed E-state index contributed by atoms with van der Waals surface area (Å²) in [5, 5.41) is 0. The molecule has 0 aliphatic rings. The molecule has 0 radical (unpaired) electrons. The van der Waals surface area contributed by atoms with Crippen LogP contribution in [0.5, 0.6) is 0 Å². The number of unbranched alkanes of at least 4 members (excludes halogenated alkanes) is 13. The molecule has 0 heterocycles. The second-order valence-electron chi connectivity index (χ2n) is 10.2. The lowest BCUT2D eigenvalue weighted by molar-refractivity contribution is -0.870. The fourth-order valence-electron chi connectivity index (χ4n) is 3.79. The van der Waals surface area contributed by atoms with E-state index in [2.05, 4.69) is 13.8 Å². The van der Waals surface area contributed by atoms with Crippen molar-refractivity contribution >= 4 is 7.82 Å². The number of rotatable bonds is 23. The first-order valence-corrected chi connectivity index (χ1v) is 14.7. The van der Waals surface area contributed by atoms with Gasteiger partial charge in [-0.05, 0) is 12.8 Å². The number of hydrogen-bond acceptors (Lipinski definition) is 3. The zero-order valence-corrected chi connectivity index (χ0v) is 22.5. The maximum Gasteiger partial charge on any atom is 0.472 e. The number of hydrogen-bond donors (Lipinski definition) is 1. The summed E-state index contributed by atoms with van der Waals surface area (Å²) >= 11 is 0. The van der Waals surface area contributed by atoms with Crippen LogP contribution in [0.15, 0.2) is 0 Å². The van der Waals surface area contributed by atoms with Crippen molar-refractivity contribution in [1.82, 2.24) is 0 Å².